The minimum Gasteiger partial charge on any atom is -0.376 e. The second-order valence-electron chi connectivity index (χ2n) is 5.67. The topological polar surface area (TPSA) is 50.8 Å². The summed E-state index contributed by atoms with van der Waals surface area (Å²) in [5.41, 5.74) is 0. The lowest BCUT2D eigenvalue weighted by Gasteiger charge is -2.36. The maximum Gasteiger partial charge on any atom is 0.254 e. The van der Waals surface area contributed by atoms with E-state index in [1.807, 2.05) is 4.90 Å². The fourth-order valence-corrected chi connectivity index (χ4v) is 2.69. The molecule has 2 rings (SSSR count). The van der Waals surface area contributed by atoms with Gasteiger partial charge >= 0.3 is 0 Å². The number of amides is 1. The van der Waals surface area contributed by atoms with Crippen LogP contribution in [0, 0.1) is 0 Å². The Balaban J connectivity index is 1.91. The molecule has 2 atom stereocenters. The Kier molecular flexibility index (Phi) is 5.60. The zero-order valence-corrected chi connectivity index (χ0v) is 12.1. The van der Waals surface area contributed by atoms with Crippen LogP contribution in [0.1, 0.15) is 33.1 Å². The summed E-state index contributed by atoms with van der Waals surface area (Å²) in [6.45, 7) is 7.46. The van der Waals surface area contributed by atoms with Gasteiger partial charge in [-0.05, 0) is 33.2 Å². The molecular weight excluding hydrogens is 244 g/mol. The third-order valence-corrected chi connectivity index (χ3v) is 3.83. The monoisotopic (exact) mass is 270 g/mol. The normalized spacial score (nSPS) is 28.4. The summed E-state index contributed by atoms with van der Waals surface area (Å²) in [4.78, 5) is 14.4. The summed E-state index contributed by atoms with van der Waals surface area (Å²) in [6, 6.07) is 0.617. The largest absolute Gasteiger partial charge is 0.376 e. The average molecular weight is 270 g/mol. The number of carbonyl (C=O) groups excluding carboxylic acids is 1. The van der Waals surface area contributed by atoms with Crippen molar-refractivity contribution >= 4 is 5.91 Å². The van der Waals surface area contributed by atoms with Crippen molar-refractivity contribution in [2.45, 2.75) is 51.3 Å². The number of nitrogens with zero attached hydrogens (tertiary/aromatic N) is 1. The molecular formula is C14H26N2O3. The first-order valence-corrected chi connectivity index (χ1v) is 7.41. The molecule has 2 fully saturated rings. The number of hydrogen-bond donors (Lipinski definition) is 1. The van der Waals surface area contributed by atoms with Crippen molar-refractivity contribution in [3.05, 3.63) is 0 Å². The molecule has 110 valence electrons. The van der Waals surface area contributed by atoms with Crippen LogP contribution in [-0.2, 0) is 14.3 Å². The summed E-state index contributed by atoms with van der Waals surface area (Å²) in [7, 11) is 0. The Hall–Kier alpha value is -0.650. The fraction of sp³-hybridized carbons (Fsp3) is 0.929. The van der Waals surface area contributed by atoms with Crippen molar-refractivity contribution in [1.82, 2.24) is 10.2 Å². The number of ether oxygens (including phenoxy) is 2. The van der Waals surface area contributed by atoms with E-state index in [4.69, 9.17) is 9.47 Å². The summed E-state index contributed by atoms with van der Waals surface area (Å²) in [5.74, 6) is 0.0714. The molecule has 0 saturated carbocycles. The SMILES string of the molecule is CC(C)N(CC1CCCCN1)C(=O)C1COCCO1. The van der Waals surface area contributed by atoms with Crippen LogP contribution in [0.4, 0.5) is 0 Å². The Labute approximate surface area is 115 Å². The molecule has 2 aliphatic heterocycles. The first-order chi connectivity index (χ1) is 9.18. The van der Waals surface area contributed by atoms with Crippen molar-refractivity contribution < 1.29 is 14.3 Å². The van der Waals surface area contributed by atoms with Gasteiger partial charge < -0.3 is 19.7 Å². The van der Waals surface area contributed by atoms with Crippen LogP contribution in [0.3, 0.4) is 0 Å². The molecule has 0 radical (unpaired) electrons. The smallest absolute Gasteiger partial charge is 0.254 e. The molecule has 0 aromatic carbocycles. The highest BCUT2D eigenvalue weighted by atomic mass is 16.6. The molecule has 2 unspecified atom stereocenters. The first kappa shape index (κ1) is 14.8. The van der Waals surface area contributed by atoms with Gasteiger partial charge in [0, 0.05) is 18.6 Å². The highest BCUT2D eigenvalue weighted by molar-refractivity contribution is 5.81. The Morgan fingerprint density at radius 3 is 2.79 bits per heavy atom. The third kappa shape index (κ3) is 4.16. The average Bonchev–Trinajstić information content (AvgIpc) is 2.46. The standard InChI is InChI=1S/C14H26N2O3/c1-11(2)16(9-12-5-3-4-6-15-12)14(17)13-10-18-7-8-19-13/h11-13,15H,3-10H2,1-2H3. The van der Waals surface area contributed by atoms with E-state index in [0.717, 1.165) is 19.5 Å². The van der Waals surface area contributed by atoms with Gasteiger partial charge in [0.2, 0.25) is 0 Å². The summed E-state index contributed by atoms with van der Waals surface area (Å²) < 4.78 is 10.9. The Morgan fingerprint density at radius 1 is 1.37 bits per heavy atom. The predicted octanol–water partition coefficient (Wildman–Crippen LogP) is 0.781. The van der Waals surface area contributed by atoms with Gasteiger partial charge in [0.25, 0.3) is 5.91 Å². The Morgan fingerprint density at radius 2 is 2.21 bits per heavy atom. The van der Waals surface area contributed by atoms with Crippen LogP contribution in [0.2, 0.25) is 0 Å². The summed E-state index contributed by atoms with van der Waals surface area (Å²) in [5, 5.41) is 3.50. The van der Waals surface area contributed by atoms with Crippen LogP contribution in [0.5, 0.6) is 0 Å². The van der Waals surface area contributed by atoms with E-state index in [1.54, 1.807) is 0 Å². The van der Waals surface area contributed by atoms with Crippen molar-refractivity contribution in [3.63, 3.8) is 0 Å². The predicted molar refractivity (Wildman–Crippen MR) is 73.0 cm³/mol. The van der Waals surface area contributed by atoms with Crippen molar-refractivity contribution in [2.75, 3.05) is 32.9 Å². The molecule has 0 aliphatic carbocycles. The zero-order valence-electron chi connectivity index (χ0n) is 12.1. The molecule has 2 heterocycles. The van der Waals surface area contributed by atoms with E-state index < -0.39 is 6.10 Å². The lowest BCUT2D eigenvalue weighted by atomic mass is 10.0. The van der Waals surface area contributed by atoms with Crippen LogP contribution in [-0.4, -0.2) is 61.9 Å². The molecule has 0 aromatic heterocycles. The van der Waals surface area contributed by atoms with Crippen LogP contribution >= 0.6 is 0 Å². The molecule has 0 aromatic rings. The van der Waals surface area contributed by atoms with Gasteiger partial charge in [-0.2, -0.15) is 0 Å². The van der Waals surface area contributed by atoms with E-state index in [9.17, 15) is 4.79 Å². The molecule has 0 bridgehead atoms. The second-order valence-corrected chi connectivity index (χ2v) is 5.67. The van der Waals surface area contributed by atoms with E-state index >= 15 is 0 Å². The molecule has 0 spiro atoms. The molecule has 19 heavy (non-hydrogen) atoms. The quantitative estimate of drug-likeness (QED) is 0.820. The minimum atomic E-state index is -0.417. The minimum absolute atomic E-state index is 0.0714. The molecule has 5 heteroatoms. The van der Waals surface area contributed by atoms with Crippen LogP contribution in [0.25, 0.3) is 0 Å². The van der Waals surface area contributed by atoms with Gasteiger partial charge in [0.15, 0.2) is 6.10 Å². The number of piperidine rings is 1. The van der Waals surface area contributed by atoms with Crippen molar-refractivity contribution in [2.24, 2.45) is 0 Å². The maximum atomic E-state index is 12.5. The number of rotatable bonds is 4. The van der Waals surface area contributed by atoms with E-state index in [0.29, 0.717) is 25.9 Å². The maximum absolute atomic E-state index is 12.5. The van der Waals surface area contributed by atoms with Gasteiger partial charge in [0.05, 0.1) is 19.8 Å². The zero-order chi connectivity index (χ0) is 13.7. The highest BCUT2D eigenvalue weighted by Crippen LogP contribution is 2.13. The Bertz CT molecular complexity index is 284. The lowest BCUT2D eigenvalue weighted by Crippen LogP contribution is -2.53. The van der Waals surface area contributed by atoms with Crippen LogP contribution < -0.4 is 5.32 Å². The molecule has 2 saturated heterocycles. The molecule has 1 N–H and O–H groups in total. The number of carbonyl (C=O) groups is 1. The third-order valence-electron chi connectivity index (χ3n) is 3.83. The van der Waals surface area contributed by atoms with Gasteiger partial charge in [0.1, 0.15) is 0 Å². The van der Waals surface area contributed by atoms with E-state index in [1.165, 1.54) is 12.8 Å². The fourth-order valence-electron chi connectivity index (χ4n) is 2.69. The van der Waals surface area contributed by atoms with Gasteiger partial charge in [-0.25, -0.2) is 0 Å². The van der Waals surface area contributed by atoms with Crippen LogP contribution in [0.15, 0.2) is 0 Å². The lowest BCUT2D eigenvalue weighted by molar-refractivity contribution is -0.160. The van der Waals surface area contributed by atoms with Gasteiger partial charge in [-0.1, -0.05) is 6.42 Å². The summed E-state index contributed by atoms with van der Waals surface area (Å²) >= 11 is 0. The highest BCUT2D eigenvalue weighted by Gasteiger charge is 2.30. The number of hydrogen-bond acceptors (Lipinski definition) is 4. The van der Waals surface area contributed by atoms with E-state index in [-0.39, 0.29) is 11.9 Å². The van der Waals surface area contributed by atoms with Crippen molar-refractivity contribution in [1.29, 1.82) is 0 Å². The molecule has 5 nitrogen and oxygen atoms in total. The first-order valence-electron chi connectivity index (χ1n) is 7.41. The van der Waals surface area contributed by atoms with Gasteiger partial charge in [-0.3, -0.25) is 4.79 Å². The van der Waals surface area contributed by atoms with E-state index in [2.05, 4.69) is 19.2 Å². The van der Waals surface area contributed by atoms with Gasteiger partial charge in [-0.15, -0.1) is 0 Å². The number of nitrogens with one attached hydrogen (secondary N) is 1. The second kappa shape index (κ2) is 7.22. The molecule has 1 amide bonds. The molecule has 2 aliphatic rings. The van der Waals surface area contributed by atoms with Crippen molar-refractivity contribution in [3.8, 4) is 0 Å². The summed E-state index contributed by atoms with van der Waals surface area (Å²) in [6.07, 6.45) is 3.23.